The number of anilines is 1. The monoisotopic (exact) mass is 497 g/mol. The first kappa shape index (κ1) is 24.4. The number of carbonyl (C=O) groups excluding carboxylic acids is 2. The number of hydrogen-bond donors (Lipinski definition) is 1. The minimum absolute atomic E-state index is 0.124. The van der Waals surface area contributed by atoms with Crippen LogP contribution in [0.1, 0.15) is 51.4 Å². The topological polar surface area (TPSA) is 96.0 Å². The molecule has 0 bridgehead atoms. The molecule has 1 N–H and O–H groups in total. The van der Waals surface area contributed by atoms with E-state index in [1.54, 1.807) is 0 Å². The van der Waals surface area contributed by atoms with Crippen LogP contribution >= 0.6 is 11.6 Å². The molecule has 0 aromatic heterocycles. The lowest BCUT2D eigenvalue weighted by molar-refractivity contribution is -0.146. The van der Waals surface area contributed by atoms with Gasteiger partial charge in [0.15, 0.2) is 0 Å². The number of carbonyl (C=O) groups is 2. The molecular weight excluding hydrogens is 466 g/mol. The molecule has 1 saturated carbocycles. The zero-order valence-electron chi connectivity index (χ0n) is 19.0. The second kappa shape index (κ2) is 10.3. The first-order chi connectivity index (χ1) is 15.8. The average molecular weight is 498 g/mol. The highest BCUT2D eigenvalue weighted by Crippen LogP contribution is 2.40. The molecule has 3 fully saturated rings. The molecule has 33 heavy (non-hydrogen) atoms. The van der Waals surface area contributed by atoms with E-state index in [-0.39, 0.29) is 39.9 Å². The predicted molar refractivity (Wildman–Crippen MR) is 126 cm³/mol. The standard InChI is InChI=1S/C23H32ClN3O5S/c1-32-23(29)21-14-16-6-2-3-7-20(16)27(21)13-10-22(28)25-19-15-17(8-9-18(19)24)33(30,31)26-11-4-5-12-26/h8-9,15-16,20-21H,2-7,10-14H2,1H3,(H,25,28). The van der Waals surface area contributed by atoms with Gasteiger partial charge in [-0.05, 0) is 56.2 Å². The summed E-state index contributed by atoms with van der Waals surface area (Å²) in [7, 11) is -2.21. The Bertz CT molecular complexity index is 996. The van der Waals surface area contributed by atoms with Crippen LogP contribution in [0, 0.1) is 5.92 Å². The molecule has 182 valence electrons. The minimum atomic E-state index is -3.61. The maximum atomic E-state index is 12.9. The van der Waals surface area contributed by atoms with Gasteiger partial charge in [0.1, 0.15) is 6.04 Å². The van der Waals surface area contributed by atoms with Gasteiger partial charge in [-0.15, -0.1) is 0 Å². The molecule has 0 spiro atoms. The van der Waals surface area contributed by atoms with E-state index in [1.807, 2.05) is 0 Å². The van der Waals surface area contributed by atoms with Gasteiger partial charge in [-0.25, -0.2) is 8.42 Å². The van der Waals surface area contributed by atoms with Gasteiger partial charge in [0, 0.05) is 32.1 Å². The van der Waals surface area contributed by atoms with E-state index in [1.165, 1.54) is 36.0 Å². The molecule has 4 rings (SSSR count). The number of benzene rings is 1. The van der Waals surface area contributed by atoms with E-state index in [2.05, 4.69) is 10.2 Å². The second-order valence-corrected chi connectivity index (χ2v) is 11.5. The smallest absolute Gasteiger partial charge is 0.323 e. The van der Waals surface area contributed by atoms with Crippen LogP contribution < -0.4 is 5.32 Å². The highest BCUT2D eigenvalue weighted by Gasteiger charge is 2.45. The molecule has 2 heterocycles. The van der Waals surface area contributed by atoms with Crippen LogP contribution in [0.3, 0.4) is 0 Å². The van der Waals surface area contributed by atoms with E-state index in [0.29, 0.717) is 31.6 Å². The summed E-state index contributed by atoms with van der Waals surface area (Å²) >= 11 is 6.26. The van der Waals surface area contributed by atoms with E-state index in [4.69, 9.17) is 16.3 Å². The Labute approximate surface area is 200 Å². The van der Waals surface area contributed by atoms with Crippen molar-refractivity contribution in [2.75, 3.05) is 32.1 Å². The largest absolute Gasteiger partial charge is 0.468 e. The van der Waals surface area contributed by atoms with Gasteiger partial charge in [0.2, 0.25) is 15.9 Å². The molecule has 1 aromatic carbocycles. The van der Waals surface area contributed by atoms with Crippen LogP contribution in [0.4, 0.5) is 5.69 Å². The van der Waals surface area contributed by atoms with Crippen LogP contribution in [-0.2, 0) is 24.3 Å². The van der Waals surface area contributed by atoms with Crippen molar-refractivity contribution in [1.82, 2.24) is 9.21 Å². The number of methoxy groups -OCH3 is 1. The summed E-state index contributed by atoms with van der Waals surface area (Å²) in [4.78, 5) is 27.4. The summed E-state index contributed by atoms with van der Waals surface area (Å²) in [5, 5.41) is 3.05. The van der Waals surface area contributed by atoms with Crippen molar-refractivity contribution in [2.45, 2.75) is 68.3 Å². The molecule has 10 heteroatoms. The van der Waals surface area contributed by atoms with E-state index in [0.717, 1.165) is 38.5 Å². The average Bonchev–Trinajstić information content (AvgIpc) is 3.47. The highest BCUT2D eigenvalue weighted by atomic mass is 35.5. The fourth-order valence-electron chi connectivity index (χ4n) is 5.52. The van der Waals surface area contributed by atoms with Crippen molar-refractivity contribution < 1.29 is 22.7 Å². The number of nitrogens with one attached hydrogen (secondary N) is 1. The fraction of sp³-hybridized carbons (Fsp3) is 0.652. The third kappa shape index (κ3) is 5.21. The molecular formula is C23H32ClN3O5S. The lowest BCUT2D eigenvalue weighted by Crippen LogP contribution is -2.44. The summed E-state index contributed by atoms with van der Waals surface area (Å²) < 4.78 is 32.2. The molecule has 2 saturated heterocycles. The predicted octanol–water partition coefficient (Wildman–Crippen LogP) is 3.26. The van der Waals surface area contributed by atoms with Gasteiger partial charge in [-0.1, -0.05) is 24.4 Å². The van der Waals surface area contributed by atoms with Gasteiger partial charge < -0.3 is 10.1 Å². The number of amides is 1. The summed E-state index contributed by atoms with van der Waals surface area (Å²) in [5.41, 5.74) is 0.281. The van der Waals surface area contributed by atoms with Crippen LogP contribution in [0.15, 0.2) is 23.1 Å². The third-order valence-electron chi connectivity index (χ3n) is 7.21. The Morgan fingerprint density at radius 3 is 2.61 bits per heavy atom. The SMILES string of the molecule is COC(=O)C1CC2CCCCC2N1CCC(=O)Nc1cc(S(=O)(=O)N2CCCC2)ccc1Cl. The van der Waals surface area contributed by atoms with Crippen molar-refractivity contribution in [3.05, 3.63) is 23.2 Å². The van der Waals surface area contributed by atoms with Gasteiger partial charge in [0.25, 0.3) is 0 Å². The zero-order valence-corrected chi connectivity index (χ0v) is 20.5. The number of ether oxygens (including phenoxy) is 1. The van der Waals surface area contributed by atoms with Crippen LogP contribution in [0.25, 0.3) is 0 Å². The first-order valence-electron chi connectivity index (χ1n) is 11.7. The van der Waals surface area contributed by atoms with Crippen LogP contribution in [-0.4, -0.2) is 68.3 Å². The Morgan fingerprint density at radius 1 is 1.15 bits per heavy atom. The molecule has 1 aliphatic carbocycles. The van der Waals surface area contributed by atoms with E-state index in [9.17, 15) is 18.0 Å². The van der Waals surface area contributed by atoms with E-state index >= 15 is 0 Å². The summed E-state index contributed by atoms with van der Waals surface area (Å²) in [6.07, 6.45) is 7.10. The van der Waals surface area contributed by atoms with Gasteiger partial charge in [-0.3, -0.25) is 14.5 Å². The number of nitrogens with zero attached hydrogens (tertiary/aromatic N) is 2. The van der Waals surface area contributed by atoms with Crippen molar-refractivity contribution in [3.63, 3.8) is 0 Å². The van der Waals surface area contributed by atoms with Crippen molar-refractivity contribution in [3.8, 4) is 0 Å². The molecule has 3 atom stereocenters. The van der Waals surface area contributed by atoms with Crippen molar-refractivity contribution >= 4 is 39.2 Å². The summed E-state index contributed by atoms with van der Waals surface area (Å²) in [5.74, 6) is -0.0454. The maximum absolute atomic E-state index is 12.9. The summed E-state index contributed by atoms with van der Waals surface area (Å²) in [6.45, 7) is 1.45. The molecule has 0 radical (unpaired) electrons. The molecule has 3 aliphatic rings. The summed E-state index contributed by atoms with van der Waals surface area (Å²) in [6, 6.07) is 4.39. The number of fused-ring (bicyclic) bond motifs is 1. The lowest BCUT2D eigenvalue weighted by atomic mass is 9.85. The Morgan fingerprint density at radius 2 is 1.88 bits per heavy atom. The lowest BCUT2D eigenvalue weighted by Gasteiger charge is -2.33. The fourth-order valence-corrected chi connectivity index (χ4v) is 7.23. The molecule has 1 amide bonds. The van der Waals surface area contributed by atoms with Gasteiger partial charge >= 0.3 is 5.97 Å². The molecule has 1 aromatic rings. The Kier molecular flexibility index (Phi) is 7.63. The Hall–Kier alpha value is -1.68. The molecule has 2 aliphatic heterocycles. The second-order valence-electron chi connectivity index (χ2n) is 9.18. The minimum Gasteiger partial charge on any atom is -0.468 e. The van der Waals surface area contributed by atoms with Crippen LogP contribution in [0.2, 0.25) is 5.02 Å². The first-order valence-corrected chi connectivity index (χ1v) is 13.6. The number of halogens is 1. The van der Waals surface area contributed by atoms with Gasteiger partial charge in [0.05, 0.1) is 22.7 Å². The highest BCUT2D eigenvalue weighted by molar-refractivity contribution is 7.89. The maximum Gasteiger partial charge on any atom is 0.323 e. The quantitative estimate of drug-likeness (QED) is 0.581. The van der Waals surface area contributed by atoms with Gasteiger partial charge in [-0.2, -0.15) is 4.31 Å². The van der Waals surface area contributed by atoms with E-state index < -0.39 is 10.0 Å². The number of rotatable bonds is 7. The third-order valence-corrected chi connectivity index (χ3v) is 9.43. The zero-order chi connectivity index (χ0) is 23.6. The number of likely N-dealkylation sites (tertiary alicyclic amines) is 1. The van der Waals surface area contributed by atoms with Crippen molar-refractivity contribution in [2.24, 2.45) is 5.92 Å². The Balaban J connectivity index is 1.42. The number of sulfonamides is 1. The molecule has 8 nitrogen and oxygen atoms in total. The van der Waals surface area contributed by atoms with Crippen molar-refractivity contribution in [1.29, 1.82) is 0 Å². The number of hydrogen-bond acceptors (Lipinski definition) is 6. The van der Waals surface area contributed by atoms with Crippen LogP contribution in [0.5, 0.6) is 0 Å². The normalized spacial score (nSPS) is 26.2. The molecule has 3 unspecified atom stereocenters. The number of esters is 1.